The molecular weight excluding hydrogens is 225 g/mol. The summed E-state index contributed by atoms with van der Waals surface area (Å²) >= 11 is 0. The van der Waals surface area contributed by atoms with Crippen molar-refractivity contribution in [3.05, 3.63) is 34.9 Å². The van der Waals surface area contributed by atoms with Crippen LogP contribution in [0.15, 0.2) is 18.2 Å². The first-order valence-corrected chi connectivity index (χ1v) is 4.29. The Labute approximate surface area is 89.5 Å². The summed E-state index contributed by atoms with van der Waals surface area (Å²) in [5.41, 5.74) is -1.21. The van der Waals surface area contributed by atoms with Gasteiger partial charge in [-0.1, -0.05) is 0 Å². The van der Waals surface area contributed by atoms with Gasteiger partial charge >= 0.3 is 12.1 Å². The van der Waals surface area contributed by atoms with Gasteiger partial charge in [0, 0.05) is 0 Å². The Morgan fingerprint density at radius 2 is 2.00 bits per heavy atom. The molecule has 0 radical (unpaired) electrons. The second kappa shape index (κ2) is 4.52. The number of benzene rings is 1. The van der Waals surface area contributed by atoms with E-state index in [0.29, 0.717) is 6.07 Å². The molecule has 1 N–H and O–H groups in total. The van der Waals surface area contributed by atoms with Gasteiger partial charge in [0.05, 0.1) is 24.8 Å². The van der Waals surface area contributed by atoms with Crippen LogP contribution in [0, 0.1) is 0 Å². The lowest BCUT2D eigenvalue weighted by Crippen LogP contribution is -2.10. The topological polar surface area (TPSA) is 46.5 Å². The van der Waals surface area contributed by atoms with Crippen LogP contribution < -0.4 is 0 Å². The molecule has 0 heterocycles. The molecule has 0 saturated carbocycles. The summed E-state index contributed by atoms with van der Waals surface area (Å²) in [4.78, 5) is 11.1. The predicted octanol–water partition coefficient (Wildman–Crippen LogP) is 1.98. The summed E-state index contributed by atoms with van der Waals surface area (Å²) in [6.45, 7) is -0.575. The molecule has 0 atom stereocenters. The van der Waals surface area contributed by atoms with E-state index in [1.807, 2.05) is 0 Å². The fourth-order valence-electron chi connectivity index (χ4n) is 1.18. The molecule has 3 nitrogen and oxygen atoms in total. The van der Waals surface area contributed by atoms with Gasteiger partial charge in [0.25, 0.3) is 0 Å². The maximum Gasteiger partial charge on any atom is 0.416 e. The summed E-state index contributed by atoms with van der Waals surface area (Å²) in [6, 6.07) is 2.62. The van der Waals surface area contributed by atoms with E-state index in [9.17, 15) is 18.0 Å². The number of alkyl halides is 3. The van der Waals surface area contributed by atoms with E-state index in [0.717, 1.165) is 19.2 Å². The number of ether oxygens (including phenoxy) is 1. The summed E-state index contributed by atoms with van der Waals surface area (Å²) in [7, 11) is 1.07. The normalized spacial score (nSPS) is 11.3. The zero-order valence-electron chi connectivity index (χ0n) is 8.34. The van der Waals surface area contributed by atoms with Gasteiger partial charge < -0.3 is 9.84 Å². The van der Waals surface area contributed by atoms with Gasteiger partial charge in [-0.05, 0) is 23.8 Å². The second-order valence-electron chi connectivity index (χ2n) is 3.07. The lowest BCUT2D eigenvalue weighted by molar-refractivity contribution is -0.137. The average Bonchev–Trinajstić information content (AvgIpc) is 2.26. The van der Waals surface area contributed by atoms with Crippen molar-refractivity contribution in [1.29, 1.82) is 0 Å². The Bertz CT molecular complexity index is 399. The highest BCUT2D eigenvalue weighted by Crippen LogP contribution is 2.30. The Morgan fingerprint density at radius 3 is 2.44 bits per heavy atom. The van der Waals surface area contributed by atoms with Crippen molar-refractivity contribution in [2.75, 3.05) is 7.11 Å². The van der Waals surface area contributed by atoms with Crippen molar-refractivity contribution in [3.8, 4) is 0 Å². The van der Waals surface area contributed by atoms with Crippen LogP contribution >= 0.6 is 0 Å². The molecule has 0 saturated heterocycles. The predicted molar refractivity (Wildman–Crippen MR) is 48.7 cm³/mol. The third-order valence-electron chi connectivity index (χ3n) is 1.92. The summed E-state index contributed by atoms with van der Waals surface area (Å²) in [5, 5.41) is 8.79. The first kappa shape index (κ1) is 12.5. The summed E-state index contributed by atoms with van der Waals surface area (Å²) in [6.07, 6.45) is -4.56. The lowest BCUT2D eigenvalue weighted by atomic mass is 10.1. The lowest BCUT2D eigenvalue weighted by Gasteiger charge is -2.10. The molecule has 0 bridgehead atoms. The van der Waals surface area contributed by atoms with Gasteiger partial charge in [0.1, 0.15) is 0 Å². The molecule has 1 aromatic carbocycles. The quantitative estimate of drug-likeness (QED) is 0.796. The van der Waals surface area contributed by atoms with Crippen LogP contribution in [0.25, 0.3) is 0 Å². The largest absolute Gasteiger partial charge is 0.465 e. The van der Waals surface area contributed by atoms with Crippen molar-refractivity contribution in [2.24, 2.45) is 0 Å². The Kier molecular flexibility index (Phi) is 3.54. The molecular formula is C10H9F3O3. The van der Waals surface area contributed by atoms with E-state index in [2.05, 4.69) is 4.74 Å². The van der Waals surface area contributed by atoms with Crippen LogP contribution in [0.5, 0.6) is 0 Å². The van der Waals surface area contributed by atoms with Crippen LogP contribution in [0.2, 0.25) is 0 Å². The first-order chi connectivity index (χ1) is 7.38. The van der Waals surface area contributed by atoms with Crippen molar-refractivity contribution in [3.63, 3.8) is 0 Å². The molecule has 0 aliphatic carbocycles. The van der Waals surface area contributed by atoms with Gasteiger partial charge in [-0.25, -0.2) is 4.79 Å². The van der Waals surface area contributed by atoms with Gasteiger partial charge in [-0.2, -0.15) is 13.2 Å². The number of esters is 1. The van der Waals surface area contributed by atoms with Crippen molar-refractivity contribution >= 4 is 5.97 Å². The maximum atomic E-state index is 12.4. The number of methoxy groups -OCH3 is 1. The Hall–Kier alpha value is -1.56. The highest BCUT2D eigenvalue weighted by atomic mass is 19.4. The van der Waals surface area contributed by atoms with Crippen LogP contribution in [-0.4, -0.2) is 18.2 Å². The van der Waals surface area contributed by atoms with E-state index in [1.54, 1.807) is 0 Å². The number of rotatable bonds is 2. The van der Waals surface area contributed by atoms with E-state index >= 15 is 0 Å². The molecule has 0 amide bonds. The number of aliphatic hydroxyl groups is 1. The van der Waals surface area contributed by atoms with E-state index in [4.69, 9.17) is 5.11 Å². The van der Waals surface area contributed by atoms with Crippen LogP contribution in [0.3, 0.4) is 0 Å². The highest BCUT2D eigenvalue weighted by molar-refractivity contribution is 5.89. The first-order valence-electron chi connectivity index (χ1n) is 4.29. The van der Waals surface area contributed by atoms with Gasteiger partial charge in [0.2, 0.25) is 0 Å². The molecule has 16 heavy (non-hydrogen) atoms. The standard InChI is InChI=1S/C10H9F3O3/c1-16-9(15)7-2-6(5-14)3-8(4-7)10(11,12)13/h2-4,14H,5H2,1H3. The van der Waals surface area contributed by atoms with Crippen LogP contribution in [0.1, 0.15) is 21.5 Å². The Balaban J connectivity index is 3.27. The molecule has 0 fully saturated rings. The average molecular weight is 234 g/mol. The van der Waals surface area contributed by atoms with E-state index in [-0.39, 0.29) is 11.1 Å². The third-order valence-corrected chi connectivity index (χ3v) is 1.92. The number of aliphatic hydroxyl groups excluding tert-OH is 1. The van der Waals surface area contributed by atoms with E-state index < -0.39 is 24.3 Å². The SMILES string of the molecule is COC(=O)c1cc(CO)cc(C(F)(F)F)c1. The summed E-state index contributed by atoms with van der Waals surface area (Å²) < 4.78 is 41.6. The number of carbonyl (C=O) groups excluding carboxylic acids is 1. The number of hydrogen-bond acceptors (Lipinski definition) is 3. The Morgan fingerprint density at radius 1 is 1.38 bits per heavy atom. The zero-order chi connectivity index (χ0) is 12.3. The molecule has 0 spiro atoms. The molecule has 88 valence electrons. The number of hydrogen-bond donors (Lipinski definition) is 1. The molecule has 1 aromatic rings. The van der Waals surface area contributed by atoms with Crippen LogP contribution in [0.4, 0.5) is 13.2 Å². The highest BCUT2D eigenvalue weighted by Gasteiger charge is 2.31. The fraction of sp³-hybridized carbons (Fsp3) is 0.300. The monoisotopic (exact) mass is 234 g/mol. The maximum absolute atomic E-state index is 12.4. The van der Waals surface area contributed by atoms with Crippen molar-refractivity contribution in [2.45, 2.75) is 12.8 Å². The molecule has 0 aliphatic rings. The van der Waals surface area contributed by atoms with Gasteiger partial charge in [-0.15, -0.1) is 0 Å². The number of halogens is 3. The van der Waals surface area contributed by atoms with E-state index in [1.165, 1.54) is 0 Å². The minimum absolute atomic E-state index is 0.00947. The minimum Gasteiger partial charge on any atom is -0.465 e. The van der Waals surface area contributed by atoms with Crippen LogP contribution in [-0.2, 0) is 17.5 Å². The molecule has 0 unspecified atom stereocenters. The minimum atomic E-state index is -4.56. The molecule has 0 aliphatic heterocycles. The molecule has 6 heteroatoms. The molecule has 0 aromatic heterocycles. The van der Waals surface area contributed by atoms with Crippen molar-refractivity contribution < 1.29 is 27.8 Å². The number of carbonyl (C=O) groups is 1. The smallest absolute Gasteiger partial charge is 0.416 e. The van der Waals surface area contributed by atoms with Crippen molar-refractivity contribution in [1.82, 2.24) is 0 Å². The zero-order valence-corrected chi connectivity index (χ0v) is 8.34. The summed E-state index contributed by atoms with van der Waals surface area (Å²) in [5.74, 6) is -0.874. The van der Waals surface area contributed by atoms with Gasteiger partial charge in [-0.3, -0.25) is 0 Å². The van der Waals surface area contributed by atoms with Gasteiger partial charge in [0.15, 0.2) is 0 Å². The third kappa shape index (κ3) is 2.73. The molecule has 1 rings (SSSR count). The fourth-order valence-corrected chi connectivity index (χ4v) is 1.18. The second-order valence-corrected chi connectivity index (χ2v) is 3.07.